The molecule has 4 aromatic carbocycles. The first-order chi connectivity index (χ1) is 19.1. The third-order valence-corrected chi connectivity index (χ3v) is 8.89. The molecular weight excluding hydrogens is 468 g/mol. The van der Waals surface area contributed by atoms with Gasteiger partial charge in [-0.3, -0.25) is 0 Å². The molecule has 0 amide bonds. The Morgan fingerprint density at radius 2 is 0.897 bits per heavy atom. The fourth-order valence-electron chi connectivity index (χ4n) is 6.97. The Morgan fingerprint density at radius 3 is 1.33 bits per heavy atom. The minimum Gasteiger partial charge on any atom is -0.0654 e. The van der Waals surface area contributed by atoms with Crippen molar-refractivity contribution >= 4 is 0 Å². The quantitative estimate of drug-likeness (QED) is 0.145. The summed E-state index contributed by atoms with van der Waals surface area (Å²) in [4.78, 5) is 0. The lowest BCUT2D eigenvalue weighted by Gasteiger charge is -2.37. The van der Waals surface area contributed by atoms with Crippen molar-refractivity contribution < 1.29 is 0 Å². The standard InChI is InChI=1S/C39H46/c1-5-7-9-11-17-31-19-13-15-21-35(31)39(36-22-16-14-20-32(36)18-12-10-8-6-2)37-27-29(3)23-25-33(37)34-26-24-30(4)28-38(34)39/h13-16,19-28H,5-12,17-18H2,1-4H3. The van der Waals surface area contributed by atoms with E-state index in [1.165, 1.54) is 107 Å². The van der Waals surface area contributed by atoms with E-state index in [4.69, 9.17) is 0 Å². The van der Waals surface area contributed by atoms with Crippen LogP contribution in [0.5, 0.6) is 0 Å². The van der Waals surface area contributed by atoms with E-state index in [-0.39, 0.29) is 5.41 Å². The molecule has 0 bridgehead atoms. The lowest BCUT2D eigenvalue weighted by Crippen LogP contribution is -2.31. The monoisotopic (exact) mass is 514 g/mol. The molecule has 0 aromatic heterocycles. The zero-order valence-electron chi connectivity index (χ0n) is 24.7. The fraction of sp³-hybridized carbons (Fsp3) is 0.385. The zero-order valence-corrected chi connectivity index (χ0v) is 24.7. The van der Waals surface area contributed by atoms with Gasteiger partial charge in [-0.05, 0) is 84.0 Å². The average molecular weight is 515 g/mol. The summed E-state index contributed by atoms with van der Waals surface area (Å²) in [5, 5.41) is 0. The Hall–Kier alpha value is -3.12. The number of aryl methyl sites for hydroxylation is 4. The second kappa shape index (κ2) is 12.4. The van der Waals surface area contributed by atoms with E-state index in [0.29, 0.717) is 0 Å². The zero-order chi connectivity index (χ0) is 27.2. The van der Waals surface area contributed by atoms with E-state index in [1.807, 2.05) is 0 Å². The van der Waals surface area contributed by atoms with Gasteiger partial charge in [-0.25, -0.2) is 0 Å². The molecule has 1 aliphatic rings. The summed E-state index contributed by atoms with van der Waals surface area (Å²) in [6.07, 6.45) is 12.6. The Balaban J connectivity index is 1.80. The molecule has 0 unspecified atom stereocenters. The molecule has 0 N–H and O–H groups in total. The van der Waals surface area contributed by atoms with Gasteiger partial charge in [0.2, 0.25) is 0 Å². The normalized spacial score (nSPS) is 13.3. The van der Waals surface area contributed by atoms with E-state index in [0.717, 1.165) is 12.8 Å². The first-order valence-electron chi connectivity index (χ1n) is 15.5. The number of unbranched alkanes of at least 4 members (excludes halogenated alkanes) is 6. The fourth-order valence-corrected chi connectivity index (χ4v) is 6.97. The highest BCUT2D eigenvalue weighted by Crippen LogP contribution is 2.58. The van der Waals surface area contributed by atoms with E-state index in [1.54, 1.807) is 0 Å². The molecule has 4 aromatic rings. The summed E-state index contributed by atoms with van der Waals surface area (Å²) in [7, 11) is 0. The van der Waals surface area contributed by atoms with Gasteiger partial charge in [0, 0.05) is 0 Å². The Bertz CT molecular complexity index is 1300. The molecule has 0 fully saturated rings. The van der Waals surface area contributed by atoms with E-state index in [2.05, 4.69) is 113 Å². The molecular formula is C39H46. The molecule has 39 heavy (non-hydrogen) atoms. The topological polar surface area (TPSA) is 0 Å². The maximum absolute atomic E-state index is 2.49. The van der Waals surface area contributed by atoms with E-state index < -0.39 is 0 Å². The van der Waals surface area contributed by atoms with Crippen molar-refractivity contribution in [2.45, 2.75) is 97.3 Å². The lowest BCUT2D eigenvalue weighted by atomic mass is 9.64. The van der Waals surface area contributed by atoms with Crippen molar-refractivity contribution in [2.24, 2.45) is 0 Å². The smallest absolute Gasteiger partial charge is 0.0654 e. The summed E-state index contributed by atoms with van der Waals surface area (Å²) in [5.74, 6) is 0. The molecule has 0 spiro atoms. The largest absolute Gasteiger partial charge is 0.0719 e. The molecule has 0 radical (unpaired) electrons. The van der Waals surface area contributed by atoms with Crippen molar-refractivity contribution in [1.82, 2.24) is 0 Å². The van der Waals surface area contributed by atoms with Crippen molar-refractivity contribution in [1.29, 1.82) is 0 Å². The van der Waals surface area contributed by atoms with Gasteiger partial charge in [0.1, 0.15) is 0 Å². The molecule has 5 rings (SSSR count). The van der Waals surface area contributed by atoms with Crippen LogP contribution < -0.4 is 0 Å². The molecule has 202 valence electrons. The van der Waals surface area contributed by atoms with Crippen LogP contribution in [0.1, 0.15) is 110 Å². The van der Waals surface area contributed by atoms with Gasteiger partial charge >= 0.3 is 0 Å². The van der Waals surface area contributed by atoms with Crippen molar-refractivity contribution in [3.8, 4) is 11.1 Å². The van der Waals surface area contributed by atoms with Crippen molar-refractivity contribution in [3.05, 3.63) is 129 Å². The van der Waals surface area contributed by atoms with Crippen LogP contribution in [0.4, 0.5) is 0 Å². The van der Waals surface area contributed by atoms with E-state index >= 15 is 0 Å². The predicted molar refractivity (Wildman–Crippen MR) is 169 cm³/mol. The van der Waals surface area contributed by atoms with Crippen LogP contribution in [0.3, 0.4) is 0 Å². The van der Waals surface area contributed by atoms with Crippen LogP contribution in [0.25, 0.3) is 11.1 Å². The van der Waals surface area contributed by atoms with Crippen LogP contribution in [0.2, 0.25) is 0 Å². The molecule has 0 saturated carbocycles. The Kier molecular flexibility index (Phi) is 8.71. The first-order valence-corrected chi connectivity index (χ1v) is 15.5. The highest BCUT2D eigenvalue weighted by atomic mass is 14.5. The van der Waals surface area contributed by atoms with Crippen LogP contribution >= 0.6 is 0 Å². The summed E-state index contributed by atoms with van der Waals surface area (Å²) in [5.41, 5.74) is 14.1. The number of rotatable bonds is 12. The Labute approximate surface area is 237 Å². The SMILES string of the molecule is CCCCCCc1ccccc1C1(c2ccccc2CCCCCC)c2cc(C)ccc2-c2ccc(C)cc21. The summed E-state index contributed by atoms with van der Waals surface area (Å²) < 4.78 is 0. The Morgan fingerprint density at radius 1 is 0.462 bits per heavy atom. The third kappa shape index (κ3) is 5.23. The number of hydrogen-bond donors (Lipinski definition) is 0. The summed E-state index contributed by atoms with van der Waals surface area (Å²) in [6.45, 7) is 9.12. The first kappa shape index (κ1) is 27.4. The molecule has 0 heterocycles. The number of hydrogen-bond acceptors (Lipinski definition) is 0. The van der Waals surface area contributed by atoms with Gasteiger partial charge in [-0.2, -0.15) is 0 Å². The molecule has 0 aliphatic heterocycles. The van der Waals surface area contributed by atoms with E-state index in [9.17, 15) is 0 Å². The highest BCUT2D eigenvalue weighted by Gasteiger charge is 2.48. The second-order valence-corrected chi connectivity index (χ2v) is 11.8. The number of fused-ring (bicyclic) bond motifs is 3. The highest BCUT2D eigenvalue weighted by molar-refractivity contribution is 5.87. The molecule has 0 atom stereocenters. The van der Waals surface area contributed by atoms with Gasteiger partial charge in [0.15, 0.2) is 0 Å². The molecule has 1 aliphatic carbocycles. The third-order valence-electron chi connectivity index (χ3n) is 8.89. The van der Waals surface area contributed by atoms with Crippen molar-refractivity contribution in [2.75, 3.05) is 0 Å². The maximum atomic E-state index is 2.49. The van der Waals surface area contributed by atoms with Crippen LogP contribution in [-0.2, 0) is 18.3 Å². The summed E-state index contributed by atoms with van der Waals surface area (Å²) >= 11 is 0. The molecule has 0 heteroatoms. The van der Waals surface area contributed by atoms with Crippen LogP contribution in [0, 0.1) is 13.8 Å². The van der Waals surface area contributed by atoms with Gasteiger partial charge in [0.05, 0.1) is 5.41 Å². The van der Waals surface area contributed by atoms with Gasteiger partial charge in [-0.15, -0.1) is 0 Å². The second-order valence-electron chi connectivity index (χ2n) is 11.8. The lowest BCUT2D eigenvalue weighted by molar-refractivity contribution is 0.648. The minimum absolute atomic E-state index is 0.300. The van der Waals surface area contributed by atoms with Gasteiger partial charge < -0.3 is 0 Å². The maximum Gasteiger partial charge on any atom is 0.0719 e. The molecule has 0 nitrogen and oxygen atoms in total. The number of benzene rings is 4. The van der Waals surface area contributed by atoms with Crippen molar-refractivity contribution in [3.63, 3.8) is 0 Å². The predicted octanol–water partition coefficient (Wildman–Crippen LogP) is 10.9. The van der Waals surface area contributed by atoms with Crippen LogP contribution in [-0.4, -0.2) is 0 Å². The van der Waals surface area contributed by atoms with Gasteiger partial charge in [0.25, 0.3) is 0 Å². The minimum atomic E-state index is -0.300. The average Bonchev–Trinajstić information content (AvgIpc) is 3.23. The summed E-state index contributed by atoms with van der Waals surface area (Å²) in [6, 6.07) is 33.1. The molecule has 0 saturated heterocycles. The van der Waals surface area contributed by atoms with Gasteiger partial charge in [-0.1, -0.05) is 148 Å². The van der Waals surface area contributed by atoms with Crippen LogP contribution in [0.15, 0.2) is 84.9 Å².